The van der Waals surface area contributed by atoms with Gasteiger partial charge in [0, 0.05) is 24.4 Å². The van der Waals surface area contributed by atoms with Crippen LogP contribution in [0.2, 0.25) is 0 Å². The van der Waals surface area contributed by atoms with Crippen molar-refractivity contribution in [3.63, 3.8) is 0 Å². The highest BCUT2D eigenvalue weighted by molar-refractivity contribution is 5.95. The second-order valence-electron chi connectivity index (χ2n) is 4.23. The van der Waals surface area contributed by atoms with Gasteiger partial charge in [-0.05, 0) is 24.6 Å². The van der Waals surface area contributed by atoms with Crippen LogP contribution in [0.3, 0.4) is 0 Å². The summed E-state index contributed by atoms with van der Waals surface area (Å²) < 4.78 is 4.77. The Bertz CT molecular complexity index is 552. The lowest BCUT2D eigenvalue weighted by atomic mass is 10.2. The third-order valence-electron chi connectivity index (χ3n) is 2.30. The first kappa shape index (κ1) is 16.4. The molecule has 0 aliphatic rings. The van der Waals surface area contributed by atoms with Crippen LogP contribution in [-0.2, 0) is 19.1 Å². The molecule has 0 saturated heterocycles. The Labute approximate surface area is 123 Å². The normalized spacial score (nSPS) is 10.2. The Morgan fingerprint density at radius 2 is 1.86 bits per heavy atom. The largest absolute Gasteiger partial charge is 0.452 e. The SMILES string of the molecule is CC/C=C/C(=O)OCC(=O)Nc1cccc(NC(C)=O)c1. The van der Waals surface area contributed by atoms with E-state index in [-0.39, 0.29) is 12.5 Å². The lowest BCUT2D eigenvalue weighted by Crippen LogP contribution is -2.20. The highest BCUT2D eigenvalue weighted by Gasteiger charge is 2.06. The fraction of sp³-hybridized carbons (Fsp3) is 0.267. The minimum Gasteiger partial charge on any atom is -0.452 e. The molecule has 0 spiro atoms. The molecule has 0 radical (unpaired) electrons. The molecular weight excluding hydrogens is 272 g/mol. The number of hydrogen-bond donors (Lipinski definition) is 2. The fourth-order valence-electron chi connectivity index (χ4n) is 1.47. The molecule has 0 aliphatic carbocycles. The molecule has 6 nitrogen and oxygen atoms in total. The second-order valence-corrected chi connectivity index (χ2v) is 4.23. The number of benzene rings is 1. The van der Waals surface area contributed by atoms with Crippen LogP contribution in [-0.4, -0.2) is 24.4 Å². The summed E-state index contributed by atoms with van der Waals surface area (Å²) in [5.41, 5.74) is 1.08. The number of amides is 2. The zero-order valence-electron chi connectivity index (χ0n) is 12.0. The molecule has 6 heteroatoms. The smallest absolute Gasteiger partial charge is 0.330 e. The van der Waals surface area contributed by atoms with Crippen LogP contribution in [0.4, 0.5) is 11.4 Å². The molecule has 1 rings (SSSR count). The van der Waals surface area contributed by atoms with Crippen LogP contribution in [0, 0.1) is 0 Å². The molecule has 2 amide bonds. The highest BCUT2D eigenvalue weighted by Crippen LogP contribution is 2.14. The first-order valence-electron chi connectivity index (χ1n) is 6.52. The Morgan fingerprint density at radius 1 is 1.19 bits per heavy atom. The number of allylic oxidation sites excluding steroid dienone is 1. The van der Waals surface area contributed by atoms with Crippen molar-refractivity contribution in [1.82, 2.24) is 0 Å². The maximum atomic E-state index is 11.6. The summed E-state index contributed by atoms with van der Waals surface area (Å²) in [4.78, 5) is 33.8. The summed E-state index contributed by atoms with van der Waals surface area (Å²) in [6.07, 6.45) is 3.65. The third kappa shape index (κ3) is 6.91. The molecule has 1 aromatic carbocycles. The van der Waals surface area contributed by atoms with Gasteiger partial charge >= 0.3 is 5.97 Å². The molecule has 0 saturated carbocycles. The Morgan fingerprint density at radius 3 is 2.48 bits per heavy atom. The van der Waals surface area contributed by atoms with E-state index in [0.29, 0.717) is 11.4 Å². The van der Waals surface area contributed by atoms with Crippen LogP contribution >= 0.6 is 0 Å². The van der Waals surface area contributed by atoms with Crippen molar-refractivity contribution in [3.8, 4) is 0 Å². The molecule has 0 aliphatic heterocycles. The van der Waals surface area contributed by atoms with Gasteiger partial charge in [-0.3, -0.25) is 9.59 Å². The van der Waals surface area contributed by atoms with Gasteiger partial charge in [0.2, 0.25) is 5.91 Å². The molecular formula is C15H18N2O4. The van der Waals surface area contributed by atoms with E-state index >= 15 is 0 Å². The van der Waals surface area contributed by atoms with Crippen LogP contribution in [0.5, 0.6) is 0 Å². The average molecular weight is 290 g/mol. The Kier molecular flexibility index (Phi) is 6.67. The van der Waals surface area contributed by atoms with Gasteiger partial charge in [0.05, 0.1) is 0 Å². The van der Waals surface area contributed by atoms with E-state index in [0.717, 1.165) is 6.42 Å². The minimum absolute atomic E-state index is 0.199. The molecule has 0 heterocycles. The monoisotopic (exact) mass is 290 g/mol. The molecule has 0 atom stereocenters. The fourth-order valence-corrected chi connectivity index (χ4v) is 1.47. The second kappa shape index (κ2) is 8.52. The number of rotatable bonds is 6. The number of nitrogens with one attached hydrogen (secondary N) is 2. The van der Waals surface area contributed by atoms with Crippen LogP contribution < -0.4 is 10.6 Å². The van der Waals surface area contributed by atoms with Gasteiger partial charge in [-0.2, -0.15) is 0 Å². The van der Waals surface area contributed by atoms with Crippen molar-refractivity contribution in [2.75, 3.05) is 17.2 Å². The van der Waals surface area contributed by atoms with Gasteiger partial charge in [-0.25, -0.2) is 4.79 Å². The van der Waals surface area contributed by atoms with E-state index in [1.807, 2.05) is 6.92 Å². The zero-order chi connectivity index (χ0) is 15.7. The van der Waals surface area contributed by atoms with Crippen molar-refractivity contribution in [2.24, 2.45) is 0 Å². The van der Waals surface area contributed by atoms with Crippen molar-refractivity contribution < 1.29 is 19.1 Å². The molecule has 0 aromatic heterocycles. The lowest BCUT2D eigenvalue weighted by molar-refractivity contribution is -0.142. The van der Waals surface area contributed by atoms with E-state index in [1.165, 1.54) is 13.0 Å². The predicted octanol–water partition coefficient (Wildman–Crippen LogP) is 2.09. The standard InChI is InChI=1S/C15H18N2O4/c1-3-4-8-15(20)21-10-14(19)17-13-7-5-6-12(9-13)16-11(2)18/h4-9H,3,10H2,1-2H3,(H,16,18)(H,17,19)/b8-4+. The summed E-state index contributed by atoms with van der Waals surface area (Å²) >= 11 is 0. The maximum Gasteiger partial charge on any atom is 0.330 e. The van der Waals surface area contributed by atoms with Crippen LogP contribution in [0.25, 0.3) is 0 Å². The number of anilines is 2. The molecule has 0 unspecified atom stereocenters. The van der Waals surface area contributed by atoms with Crippen molar-refractivity contribution in [3.05, 3.63) is 36.4 Å². The molecule has 0 bridgehead atoms. The first-order valence-corrected chi connectivity index (χ1v) is 6.52. The highest BCUT2D eigenvalue weighted by atomic mass is 16.5. The average Bonchev–Trinajstić information content (AvgIpc) is 2.42. The molecule has 0 fully saturated rings. The third-order valence-corrected chi connectivity index (χ3v) is 2.30. The molecule has 21 heavy (non-hydrogen) atoms. The topological polar surface area (TPSA) is 84.5 Å². The lowest BCUT2D eigenvalue weighted by Gasteiger charge is -2.07. The molecule has 112 valence electrons. The van der Waals surface area contributed by atoms with E-state index in [4.69, 9.17) is 4.74 Å². The van der Waals surface area contributed by atoms with Gasteiger partial charge in [0.1, 0.15) is 0 Å². The Hall–Kier alpha value is -2.63. The van der Waals surface area contributed by atoms with Crippen LogP contribution in [0.15, 0.2) is 36.4 Å². The summed E-state index contributed by atoms with van der Waals surface area (Å²) in [6.45, 7) is 2.92. The van der Waals surface area contributed by atoms with E-state index in [2.05, 4.69) is 10.6 Å². The van der Waals surface area contributed by atoms with E-state index in [1.54, 1.807) is 30.3 Å². The van der Waals surface area contributed by atoms with Gasteiger partial charge in [-0.15, -0.1) is 0 Å². The molecule has 1 aromatic rings. The number of carbonyl (C=O) groups is 3. The number of hydrogen-bond acceptors (Lipinski definition) is 4. The van der Waals surface area contributed by atoms with Gasteiger partial charge < -0.3 is 15.4 Å². The van der Waals surface area contributed by atoms with Crippen molar-refractivity contribution >= 4 is 29.2 Å². The summed E-state index contributed by atoms with van der Waals surface area (Å²) in [6, 6.07) is 6.67. The molecule has 2 N–H and O–H groups in total. The van der Waals surface area contributed by atoms with Crippen molar-refractivity contribution in [1.29, 1.82) is 0 Å². The predicted molar refractivity (Wildman–Crippen MR) is 79.8 cm³/mol. The van der Waals surface area contributed by atoms with E-state index < -0.39 is 11.9 Å². The maximum absolute atomic E-state index is 11.6. The van der Waals surface area contributed by atoms with Gasteiger partial charge in [0.15, 0.2) is 6.61 Å². The van der Waals surface area contributed by atoms with Gasteiger partial charge in [0.25, 0.3) is 5.91 Å². The summed E-state index contributed by atoms with van der Waals surface area (Å²) in [5, 5.41) is 5.18. The van der Waals surface area contributed by atoms with Gasteiger partial charge in [-0.1, -0.05) is 19.1 Å². The summed E-state index contributed by atoms with van der Waals surface area (Å²) in [5.74, 6) is -1.21. The summed E-state index contributed by atoms with van der Waals surface area (Å²) in [7, 11) is 0. The first-order chi connectivity index (χ1) is 10.0. The van der Waals surface area contributed by atoms with Crippen molar-refractivity contribution in [2.45, 2.75) is 20.3 Å². The minimum atomic E-state index is -0.556. The zero-order valence-corrected chi connectivity index (χ0v) is 12.0. The number of carbonyl (C=O) groups excluding carboxylic acids is 3. The van der Waals surface area contributed by atoms with E-state index in [9.17, 15) is 14.4 Å². The number of esters is 1. The number of ether oxygens (including phenoxy) is 1. The quantitative estimate of drug-likeness (QED) is 0.620. The van der Waals surface area contributed by atoms with Crippen LogP contribution in [0.1, 0.15) is 20.3 Å². The Balaban J connectivity index is 2.49.